The minimum Gasteiger partial charge on any atom is -0.462 e. The van der Waals surface area contributed by atoms with E-state index in [4.69, 9.17) is 14.2 Å². The molecule has 0 aliphatic rings. The Kier molecular flexibility index (Phi) is 52.8. The highest BCUT2D eigenvalue weighted by Gasteiger charge is 2.19. The maximum Gasteiger partial charge on any atom is 0.306 e. The first-order valence-electron chi connectivity index (χ1n) is 28.5. The van der Waals surface area contributed by atoms with Gasteiger partial charge in [0.1, 0.15) is 13.2 Å². The Morgan fingerprint density at radius 3 is 1.04 bits per heavy atom. The SMILES string of the molecule is CC/C=C\C/C=C\C/C=C\CCCCCCCCCCCC(=O)OCC(COC(=O)CCCCCCCCC/C=C\CCCCCC)OC(=O)CCCCCCCC/C=C\C=C/CCCCC. The maximum atomic E-state index is 12.8. The van der Waals surface area contributed by atoms with Crippen molar-refractivity contribution in [2.45, 2.75) is 284 Å². The molecular weight excluding hydrogens is 829 g/mol. The van der Waals surface area contributed by atoms with Crippen molar-refractivity contribution in [3.8, 4) is 0 Å². The van der Waals surface area contributed by atoms with Crippen LogP contribution in [0.4, 0.5) is 0 Å². The van der Waals surface area contributed by atoms with Crippen LogP contribution in [-0.4, -0.2) is 37.2 Å². The zero-order valence-corrected chi connectivity index (χ0v) is 44.2. The first kappa shape index (κ1) is 63.8. The van der Waals surface area contributed by atoms with Crippen molar-refractivity contribution in [1.82, 2.24) is 0 Å². The second-order valence-corrected chi connectivity index (χ2v) is 18.8. The van der Waals surface area contributed by atoms with Crippen LogP contribution >= 0.6 is 0 Å². The Hall–Kier alpha value is -3.15. The predicted octanol–water partition coefficient (Wildman–Crippen LogP) is 19.0. The van der Waals surface area contributed by atoms with Gasteiger partial charge in [-0.2, -0.15) is 0 Å². The zero-order valence-electron chi connectivity index (χ0n) is 44.2. The summed E-state index contributed by atoms with van der Waals surface area (Å²) in [6.45, 7) is 6.49. The van der Waals surface area contributed by atoms with Crippen molar-refractivity contribution in [1.29, 1.82) is 0 Å². The largest absolute Gasteiger partial charge is 0.462 e. The molecule has 0 saturated carbocycles. The van der Waals surface area contributed by atoms with Crippen LogP contribution < -0.4 is 0 Å². The first-order valence-corrected chi connectivity index (χ1v) is 28.5. The minimum atomic E-state index is -0.785. The Balaban J connectivity index is 4.39. The van der Waals surface area contributed by atoms with Gasteiger partial charge in [0.25, 0.3) is 0 Å². The van der Waals surface area contributed by atoms with Crippen LogP contribution in [0.3, 0.4) is 0 Å². The fraction of sp³-hybridized carbons (Fsp3) is 0.754. The van der Waals surface area contributed by atoms with Crippen molar-refractivity contribution in [3.63, 3.8) is 0 Å². The molecule has 0 heterocycles. The maximum absolute atomic E-state index is 12.8. The lowest BCUT2D eigenvalue weighted by molar-refractivity contribution is -0.167. The van der Waals surface area contributed by atoms with E-state index in [1.165, 1.54) is 148 Å². The molecule has 0 aromatic rings. The third-order valence-electron chi connectivity index (χ3n) is 12.2. The number of carbonyl (C=O) groups excluding carboxylic acids is 3. The Morgan fingerprint density at radius 1 is 0.328 bits per heavy atom. The highest BCUT2D eigenvalue weighted by molar-refractivity contribution is 5.71. The summed E-state index contributed by atoms with van der Waals surface area (Å²) in [4.78, 5) is 38.1. The average molecular weight is 936 g/mol. The fourth-order valence-electron chi connectivity index (χ4n) is 7.91. The van der Waals surface area contributed by atoms with E-state index in [1.54, 1.807) is 0 Å². The van der Waals surface area contributed by atoms with Crippen LogP contribution in [0.2, 0.25) is 0 Å². The molecule has 0 aromatic carbocycles. The van der Waals surface area contributed by atoms with Crippen LogP contribution in [0.1, 0.15) is 278 Å². The summed E-state index contributed by atoms with van der Waals surface area (Å²) in [5.41, 5.74) is 0. The summed E-state index contributed by atoms with van der Waals surface area (Å²) in [7, 11) is 0. The number of rotatable bonds is 51. The Bertz CT molecular complexity index is 1260. The highest BCUT2D eigenvalue weighted by Crippen LogP contribution is 2.15. The molecule has 386 valence electrons. The monoisotopic (exact) mass is 935 g/mol. The number of hydrogen-bond acceptors (Lipinski definition) is 6. The Morgan fingerprint density at radius 2 is 0.627 bits per heavy atom. The lowest BCUT2D eigenvalue weighted by atomic mass is 10.1. The number of unbranched alkanes of at least 4 members (excludes halogenated alkanes) is 29. The molecule has 0 bridgehead atoms. The van der Waals surface area contributed by atoms with Crippen LogP contribution in [0, 0.1) is 0 Å². The van der Waals surface area contributed by atoms with Gasteiger partial charge in [0.05, 0.1) is 0 Å². The predicted molar refractivity (Wildman–Crippen MR) is 288 cm³/mol. The zero-order chi connectivity index (χ0) is 48.6. The van der Waals surface area contributed by atoms with E-state index in [9.17, 15) is 14.4 Å². The van der Waals surface area contributed by atoms with Crippen LogP contribution in [-0.2, 0) is 28.6 Å². The minimum absolute atomic E-state index is 0.0835. The smallest absolute Gasteiger partial charge is 0.306 e. The molecule has 0 fully saturated rings. The number of allylic oxidation sites excluding steroid dienone is 12. The summed E-state index contributed by atoms with van der Waals surface area (Å²) < 4.78 is 16.9. The molecule has 1 atom stereocenters. The number of hydrogen-bond donors (Lipinski definition) is 0. The molecule has 0 aliphatic carbocycles. The molecule has 0 spiro atoms. The first-order chi connectivity index (χ1) is 33.0. The van der Waals surface area contributed by atoms with Crippen molar-refractivity contribution in [3.05, 3.63) is 72.9 Å². The van der Waals surface area contributed by atoms with E-state index < -0.39 is 6.10 Å². The fourth-order valence-corrected chi connectivity index (χ4v) is 7.91. The molecule has 0 N–H and O–H groups in total. The van der Waals surface area contributed by atoms with E-state index in [0.29, 0.717) is 19.3 Å². The molecule has 0 aliphatic heterocycles. The third kappa shape index (κ3) is 53.7. The van der Waals surface area contributed by atoms with Gasteiger partial charge in [-0.3, -0.25) is 14.4 Å². The van der Waals surface area contributed by atoms with Crippen molar-refractivity contribution < 1.29 is 28.6 Å². The van der Waals surface area contributed by atoms with Gasteiger partial charge < -0.3 is 14.2 Å². The average Bonchev–Trinajstić information content (AvgIpc) is 3.33. The van der Waals surface area contributed by atoms with E-state index >= 15 is 0 Å². The summed E-state index contributed by atoms with van der Waals surface area (Å²) >= 11 is 0. The van der Waals surface area contributed by atoms with Gasteiger partial charge in [0.2, 0.25) is 0 Å². The summed E-state index contributed by atoms with van der Waals surface area (Å²) in [6.07, 6.45) is 70.2. The van der Waals surface area contributed by atoms with Gasteiger partial charge in [0, 0.05) is 19.3 Å². The quantitative estimate of drug-likeness (QED) is 0.0199. The van der Waals surface area contributed by atoms with E-state index in [0.717, 1.165) is 89.9 Å². The number of ether oxygens (including phenoxy) is 3. The topological polar surface area (TPSA) is 78.9 Å². The molecule has 0 saturated heterocycles. The van der Waals surface area contributed by atoms with Gasteiger partial charge >= 0.3 is 17.9 Å². The van der Waals surface area contributed by atoms with Crippen molar-refractivity contribution in [2.24, 2.45) is 0 Å². The third-order valence-corrected chi connectivity index (χ3v) is 12.2. The summed E-state index contributed by atoms with van der Waals surface area (Å²) in [5, 5.41) is 0. The molecule has 1 unspecified atom stereocenters. The van der Waals surface area contributed by atoms with Gasteiger partial charge in [-0.05, 0) is 103 Å². The lowest BCUT2D eigenvalue weighted by Crippen LogP contribution is -2.30. The molecule has 0 amide bonds. The Labute approximate surface area is 414 Å². The van der Waals surface area contributed by atoms with Crippen molar-refractivity contribution in [2.75, 3.05) is 13.2 Å². The van der Waals surface area contributed by atoms with Gasteiger partial charge in [-0.1, -0.05) is 229 Å². The highest BCUT2D eigenvalue weighted by atomic mass is 16.6. The van der Waals surface area contributed by atoms with Crippen LogP contribution in [0.25, 0.3) is 0 Å². The molecule has 67 heavy (non-hydrogen) atoms. The molecule has 6 heteroatoms. The van der Waals surface area contributed by atoms with Gasteiger partial charge in [0.15, 0.2) is 6.10 Å². The van der Waals surface area contributed by atoms with E-state index in [1.807, 2.05) is 0 Å². The summed E-state index contributed by atoms with van der Waals surface area (Å²) in [5.74, 6) is -0.897. The number of carbonyl (C=O) groups is 3. The van der Waals surface area contributed by atoms with Gasteiger partial charge in [-0.15, -0.1) is 0 Å². The molecular formula is C61H106O6. The van der Waals surface area contributed by atoms with Crippen LogP contribution in [0.15, 0.2) is 72.9 Å². The second-order valence-electron chi connectivity index (χ2n) is 18.8. The summed E-state index contributed by atoms with van der Waals surface area (Å²) in [6, 6.07) is 0. The van der Waals surface area contributed by atoms with Crippen molar-refractivity contribution >= 4 is 17.9 Å². The lowest BCUT2D eigenvalue weighted by Gasteiger charge is -2.18. The molecule has 0 radical (unpaired) electrons. The van der Waals surface area contributed by atoms with E-state index in [2.05, 4.69) is 93.7 Å². The van der Waals surface area contributed by atoms with Gasteiger partial charge in [-0.25, -0.2) is 0 Å². The number of esters is 3. The molecule has 0 rings (SSSR count). The molecule has 0 aromatic heterocycles. The standard InChI is InChI=1S/C61H106O6/c1-4-7-10-13-16-19-22-25-28-29-30-31-34-36-39-42-45-48-51-54-60(63)66-57-58(67-61(64)55-52-49-46-43-40-37-33-27-24-21-18-15-12-9-6-3)56-65-59(62)53-50-47-44-41-38-35-32-26-23-20-17-14-11-8-5-2/h7,10,16,18-21,23-25,27-28,58H,4-6,8-9,11-15,17,22,26,29-57H2,1-3H3/b10-7-,19-16-,21-18-,23-20-,27-24-,28-25-. The van der Waals surface area contributed by atoms with Crippen LogP contribution in [0.5, 0.6) is 0 Å². The second kappa shape index (κ2) is 55.4. The normalized spacial score (nSPS) is 12.6. The van der Waals surface area contributed by atoms with E-state index in [-0.39, 0.29) is 31.1 Å². The molecule has 6 nitrogen and oxygen atoms in total.